The average Bonchev–Trinajstić information content (AvgIpc) is 1.63. The van der Waals surface area contributed by atoms with Crippen LogP contribution in [0.2, 0.25) is 0 Å². The standard InChI is InChI=1S/C5H8BrF2N/c1-3(2)9-4(6)5(7)8/h3,5H,1-2H3/b9-4+. The highest BCUT2D eigenvalue weighted by Gasteiger charge is 2.08. The van der Waals surface area contributed by atoms with Crippen LogP contribution in [0.4, 0.5) is 8.78 Å². The zero-order valence-electron chi connectivity index (χ0n) is 5.24. The maximum atomic E-state index is 11.6. The van der Waals surface area contributed by atoms with Gasteiger partial charge in [0, 0.05) is 6.04 Å². The minimum atomic E-state index is -2.48. The summed E-state index contributed by atoms with van der Waals surface area (Å²) in [5.41, 5.74) is 0. The van der Waals surface area contributed by atoms with Gasteiger partial charge in [-0.1, -0.05) is 0 Å². The highest BCUT2D eigenvalue weighted by atomic mass is 79.9. The van der Waals surface area contributed by atoms with E-state index in [0.29, 0.717) is 0 Å². The van der Waals surface area contributed by atoms with E-state index in [4.69, 9.17) is 0 Å². The lowest BCUT2D eigenvalue weighted by molar-refractivity contribution is 0.229. The quantitative estimate of drug-likeness (QED) is 0.607. The van der Waals surface area contributed by atoms with Crippen LogP contribution >= 0.6 is 15.9 Å². The molecular formula is C5H8BrF2N. The average molecular weight is 200 g/mol. The minimum absolute atomic E-state index is 0.0756. The van der Waals surface area contributed by atoms with Crippen LogP contribution in [0, 0.1) is 0 Å². The Labute approximate surface area is 61.3 Å². The van der Waals surface area contributed by atoms with E-state index in [0.717, 1.165) is 0 Å². The molecule has 0 aliphatic carbocycles. The summed E-state index contributed by atoms with van der Waals surface area (Å²) in [6, 6.07) is -0.0756. The maximum Gasteiger partial charge on any atom is 0.286 e. The number of alkyl halides is 2. The Morgan fingerprint density at radius 2 is 1.89 bits per heavy atom. The van der Waals surface area contributed by atoms with E-state index >= 15 is 0 Å². The molecule has 0 atom stereocenters. The number of hydrogen-bond acceptors (Lipinski definition) is 1. The second kappa shape index (κ2) is 3.93. The van der Waals surface area contributed by atoms with E-state index in [-0.39, 0.29) is 10.7 Å². The van der Waals surface area contributed by atoms with Gasteiger partial charge in [0.1, 0.15) is 4.62 Å². The Balaban J connectivity index is 3.84. The SMILES string of the molecule is CC(C)/N=C(/Br)C(F)F. The molecule has 0 unspecified atom stereocenters. The molecule has 0 heterocycles. The van der Waals surface area contributed by atoms with E-state index < -0.39 is 6.43 Å². The van der Waals surface area contributed by atoms with Gasteiger partial charge in [0.2, 0.25) is 0 Å². The molecule has 4 heteroatoms. The summed E-state index contributed by atoms with van der Waals surface area (Å²) in [6.45, 7) is 3.48. The smallest absolute Gasteiger partial charge is 0.274 e. The summed E-state index contributed by atoms with van der Waals surface area (Å²) < 4.78 is 23.0. The minimum Gasteiger partial charge on any atom is -0.274 e. The van der Waals surface area contributed by atoms with Crippen molar-refractivity contribution in [3.8, 4) is 0 Å². The first-order chi connectivity index (χ1) is 4.04. The molecule has 54 valence electrons. The summed E-state index contributed by atoms with van der Waals surface area (Å²) >= 11 is 2.64. The molecule has 9 heavy (non-hydrogen) atoms. The number of nitrogens with zero attached hydrogens (tertiary/aromatic N) is 1. The Morgan fingerprint density at radius 1 is 1.44 bits per heavy atom. The molecule has 0 fully saturated rings. The topological polar surface area (TPSA) is 12.4 Å². The first kappa shape index (κ1) is 9.01. The molecule has 0 amide bonds. The maximum absolute atomic E-state index is 11.6. The van der Waals surface area contributed by atoms with Crippen LogP contribution in [0.15, 0.2) is 4.99 Å². The van der Waals surface area contributed by atoms with E-state index in [1.165, 1.54) is 0 Å². The van der Waals surface area contributed by atoms with Gasteiger partial charge in [0.25, 0.3) is 6.43 Å². The molecule has 0 radical (unpaired) electrons. The van der Waals surface area contributed by atoms with Gasteiger partial charge >= 0.3 is 0 Å². The molecule has 0 aromatic carbocycles. The Kier molecular flexibility index (Phi) is 3.93. The third kappa shape index (κ3) is 4.51. The molecule has 0 bridgehead atoms. The summed E-state index contributed by atoms with van der Waals surface area (Å²) in [7, 11) is 0. The fourth-order valence-electron chi connectivity index (χ4n) is 0.303. The second-order valence-electron chi connectivity index (χ2n) is 1.85. The van der Waals surface area contributed by atoms with Gasteiger partial charge in [0.05, 0.1) is 0 Å². The van der Waals surface area contributed by atoms with Gasteiger partial charge in [0.15, 0.2) is 0 Å². The molecular weight excluding hydrogens is 192 g/mol. The van der Waals surface area contributed by atoms with Crippen molar-refractivity contribution in [2.24, 2.45) is 4.99 Å². The van der Waals surface area contributed by atoms with Gasteiger partial charge in [-0.05, 0) is 29.8 Å². The van der Waals surface area contributed by atoms with Gasteiger partial charge in [-0.15, -0.1) is 0 Å². The third-order valence-electron chi connectivity index (χ3n) is 0.562. The third-order valence-corrected chi connectivity index (χ3v) is 1.11. The second-order valence-corrected chi connectivity index (χ2v) is 2.66. The van der Waals surface area contributed by atoms with Crippen molar-refractivity contribution < 1.29 is 8.78 Å². The van der Waals surface area contributed by atoms with Crippen molar-refractivity contribution in [1.29, 1.82) is 0 Å². The molecule has 0 aromatic heterocycles. The molecule has 0 aliphatic rings. The largest absolute Gasteiger partial charge is 0.286 e. The highest BCUT2D eigenvalue weighted by molar-refractivity contribution is 9.18. The van der Waals surface area contributed by atoms with Crippen molar-refractivity contribution in [3.05, 3.63) is 0 Å². The van der Waals surface area contributed by atoms with Gasteiger partial charge in [-0.25, -0.2) is 8.78 Å². The molecule has 0 aliphatic heterocycles. The predicted octanol–water partition coefficient (Wildman–Crippen LogP) is 2.45. The normalized spacial score (nSPS) is 13.4. The van der Waals surface area contributed by atoms with Gasteiger partial charge in [-0.3, -0.25) is 4.99 Å². The van der Waals surface area contributed by atoms with Crippen molar-refractivity contribution >= 4 is 20.6 Å². The molecule has 0 rings (SSSR count). The lowest BCUT2D eigenvalue weighted by Gasteiger charge is -1.98. The van der Waals surface area contributed by atoms with Crippen molar-refractivity contribution in [2.45, 2.75) is 26.3 Å². The van der Waals surface area contributed by atoms with E-state index in [1.54, 1.807) is 13.8 Å². The zero-order valence-corrected chi connectivity index (χ0v) is 6.82. The summed E-state index contributed by atoms with van der Waals surface area (Å²) in [5, 5.41) is 0. The molecule has 0 saturated carbocycles. The van der Waals surface area contributed by atoms with Gasteiger partial charge in [-0.2, -0.15) is 0 Å². The number of halogens is 3. The molecule has 1 nitrogen and oxygen atoms in total. The van der Waals surface area contributed by atoms with Crippen LogP contribution in [0.3, 0.4) is 0 Å². The summed E-state index contributed by atoms with van der Waals surface area (Å²) in [6.07, 6.45) is -2.48. The van der Waals surface area contributed by atoms with E-state index in [1.807, 2.05) is 0 Å². The molecule has 0 saturated heterocycles. The molecule has 0 N–H and O–H groups in total. The van der Waals surface area contributed by atoms with Crippen LogP contribution < -0.4 is 0 Å². The molecule has 0 spiro atoms. The van der Waals surface area contributed by atoms with Crippen molar-refractivity contribution in [1.82, 2.24) is 0 Å². The van der Waals surface area contributed by atoms with Crippen molar-refractivity contribution in [3.63, 3.8) is 0 Å². The summed E-state index contributed by atoms with van der Waals surface area (Å²) in [5.74, 6) is 0. The zero-order chi connectivity index (χ0) is 7.44. The van der Waals surface area contributed by atoms with Crippen LogP contribution in [-0.2, 0) is 0 Å². The van der Waals surface area contributed by atoms with Gasteiger partial charge < -0.3 is 0 Å². The fourth-order valence-corrected chi connectivity index (χ4v) is 0.713. The van der Waals surface area contributed by atoms with Crippen molar-refractivity contribution in [2.75, 3.05) is 0 Å². The Morgan fingerprint density at radius 3 is 2.00 bits per heavy atom. The van der Waals surface area contributed by atoms with Crippen LogP contribution in [0.1, 0.15) is 13.8 Å². The number of rotatable bonds is 2. The lowest BCUT2D eigenvalue weighted by atomic mass is 10.4. The van der Waals surface area contributed by atoms with Crippen LogP contribution in [-0.4, -0.2) is 17.1 Å². The first-order valence-corrected chi connectivity index (χ1v) is 3.34. The summed E-state index contributed by atoms with van der Waals surface area (Å²) in [4.78, 5) is 3.56. The highest BCUT2D eigenvalue weighted by Crippen LogP contribution is 2.05. The van der Waals surface area contributed by atoms with E-state index in [9.17, 15) is 8.78 Å². The monoisotopic (exact) mass is 199 g/mol. The predicted molar refractivity (Wildman–Crippen MR) is 37.5 cm³/mol. The van der Waals surface area contributed by atoms with Crippen LogP contribution in [0.5, 0.6) is 0 Å². The molecule has 0 aromatic rings. The number of hydrogen-bond donors (Lipinski definition) is 0. The van der Waals surface area contributed by atoms with Crippen LogP contribution in [0.25, 0.3) is 0 Å². The fraction of sp³-hybridized carbons (Fsp3) is 0.800. The first-order valence-electron chi connectivity index (χ1n) is 2.55. The number of aliphatic imine (C=N–C) groups is 1. The van der Waals surface area contributed by atoms with E-state index in [2.05, 4.69) is 20.9 Å². The Hall–Kier alpha value is 0.01000. The Bertz CT molecular complexity index is 112. The lowest BCUT2D eigenvalue weighted by Crippen LogP contribution is -2.04.